The van der Waals surface area contributed by atoms with Crippen LogP contribution in [0, 0.1) is 5.92 Å². The van der Waals surface area contributed by atoms with E-state index in [2.05, 4.69) is 0 Å². The summed E-state index contributed by atoms with van der Waals surface area (Å²) in [6.45, 7) is 0. The Morgan fingerprint density at radius 1 is 1.31 bits per heavy atom. The molecule has 0 aliphatic heterocycles. The SMILES string of the molecule is Cl.NC(=O)CCC1CCCCC1N. The van der Waals surface area contributed by atoms with Crippen molar-refractivity contribution >= 4 is 18.3 Å². The van der Waals surface area contributed by atoms with Gasteiger partial charge in [-0.15, -0.1) is 12.4 Å². The smallest absolute Gasteiger partial charge is 0.217 e. The van der Waals surface area contributed by atoms with Crippen molar-refractivity contribution in [2.45, 2.75) is 44.6 Å². The molecule has 1 aliphatic rings. The highest BCUT2D eigenvalue weighted by Gasteiger charge is 2.21. The van der Waals surface area contributed by atoms with Crippen LogP contribution in [0.1, 0.15) is 38.5 Å². The molecule has 1 amide bonds. The molecule has 0 aromatic carbocycles. The second kappa shape index (κ2) is 6.22. The molecule has 0 saturated heterocycles. The Balaban J connectivity index is 0.00000144. The summed E-state index contributed by atoms with van der Waals surface area (Å²) >= 11 is 0. The Morgan fingerprint density at radius 3 is 2.46 bits per heavy atom. The van der Waals surface area contributed by atoms with Crippen molar-refractivity contribution in [2.24, 2.45) is 17.4 Å². The first kappa shape index (κ1) is 12.7. The van der Waals surface area contributed by atoms with E-state index in [0.717, 1.165) is 12.8 Å². The third kappa shape index (κ3) is 4.48. The zero-order chi connectivity index (χ0) is 8.97. The minimum Gasteiger partial charge on any atom is -0.370 e. The molecule has 1 fully saturated rings. The molecule has 13 heavy (non-hydrogen) atoms. The van der Waals surface area contributed by atoms with Crippen molar-refractivity contribution in [3.8, 4) is 0 Å². The largest absolute Gasteiger partial charge is 0.370 e. The van der Waals surface area contributed by atoms with Crippen molar-refractivity contribution in [2.75, 3.05) is 0 Å². The second-order valence-corrected chi connectivity index (χ2v) is 3.71. The zero-order valence-electron chi connectivity index (χ0n) is 7.87. The van der Waals surface area contributed by atoms with Gasteiger partial charge in [0.25, 0.3) is 0 Å². The van der Waals surface area contributed by atoms with Gasteiger partial charge in [0.05, 0.1) is 0 Å². The lowest BCUT2D eigenvalue weighted by molar-refractivity contribution is -0.118. The molecular formula is C9H19ClN2O. The van der Waals surface area contributed by atoms with Crippen LogP contribution in [0.5, 0.6) is 0 Å². The van der Waals surface area contributed by atoms with Crippen molar-refractivity contribution in [3.63, 3.8) is 0 Å². The van der Waals surface area contributed by atoms with E-state index in [1.165, 1.54) is 19.3 Å². The van der Waals surface area contributed by atoms with Gasteiger partial charge in [-0.05, 0) is 25.2 Å². The van der Waals surface area contributed by atoms with Crippen LogP contribution in [-0.4, -0.2) is 11.9 Å². The number of carbonyl (C=O) groups excluding carboxylic acids is 1. The topological polar surface area (TPSA) is 69.1 Å². The van der Waals surface area contributed by atoms with Gasteiger partial charge >= 0.3 is 0 Å². The van der Waals surface area contributed by atoms with Crippen LogP contribution in [0.2, 0.25) is 0 Å². The summed E-state index contributed by atoms with van der Waals surface area (Å²) in [4.78, 5) is 10.5. The average Bonchev–Trinajstić information content (AvgIpc) is 2.03. The fourth-order valence-corrected chi connectivity index (χ4v) is 1.92. The van der Waals surface area contributed by atoms with Gasteiger partial charge < -0.3 is 11.5 Å². The van der Waals surface area contributed by atoms with Crippen molar-refractivity contribution < 1.29 is 4.79 Å². The van der Waals surface area contributed by atoms with Crippen LogP contribution < -0.4 is 11.5 Å². The van der Waals surface area contributed by atoms with Crippen LogP contribution in [-0.2, 0) is 4.79 Å². The fraction of sp³-hybridized carbons (Fsp3) is 0.889. The van der Waals surface area contributed by atoms with Crippen LogP contribution >= 0.6 is 12.4 Å². The lowest BCUT2D eigenvalue weighted by atomic mass is 9.82. The summed E-state index contributed by atoms with van der Waals surface area (Å²) in [7, 11) is 0. The molecule has 2 atom stereocenters. The maximum absolute atomic E-state index is 10.5. The third-order valence-electron chi connectivity index (χ3n) is 2.73. The summed E-state index contributed by atoms with van der Waals surface area (Å²) in [5.74, 6) is 0.332. The first-order chi connectivity index (χ1) is 5.70. The summed E-state index contributed by atoms with van der Waals surface area (Å²) in [6, 6.07) is 0.304. The van der Waals surface area contributed by atoms with Gasteiger partial charge in [-0.2, -0.15) is 0 Å². The molecule has 3 nitrogen and oxygen atoms in total. The minimum absolute atomic E-state index is 0. The highest BCUT2D eigenvalue weighted by molar-refractivity contribution is 5.85. The van der Waals surface area contributed by atoms with E-state index < -0.39 is 0 Å². The highest BCUT2D eigenvalue weighted by Crippen LogP contribution is 2.26. The van der Waals surface area contributed by atoms with Gasteiger partial charge in [0.15, 0.2) is 0 Å². The Kier molecular flexibility index (Phi) is 6.08. The monoisotopic (exact) mass is 206 g/mol. The molecule has 0 spiro atoms. The number of primary amides is 1. The van der Waals surface area contributed by atoms with E-state index in [1.807, 2.05) is 0 Å². The molecular weight excluding hydrogens is 188 g/mol. The average molecular weight is 207 g/mol. The number of nitrogens with two attached hydrogens (primary N) is 2. The standard InChI is InChI=1S/C9H18N2O.ClH/c10-8-4-2-1-3-7(8)5-6-9(11)12;/h7-8H,1-6,10H2,(H2,11,12);1H. The van der Waals surface area contributed by atoms with E-state index in [-0.39, 0.29) is 18.3 Å². The van der Waals surface area contributed by atoms with Gasteiger partial charge in [0.1, 0.15) is 0 Å². The molecule has 0 bridgehead atoms. The second-order valence-electron chi connectivity index (χ2n) is 3.71. The quantitative estimate of drug-likeness (QED) is 0.729. The number of amides is 1. The Hall–Kier alpha value is -0.280. The molecule has 1 aliphatic carbocycles. The molecule has 0 radical (unpaired) electrons. The Morgan fingerprint density at radius 2 is 1.92 bits per heavy atom. The van der Waals surface area contributed by atoms with Crippen molar-refractivity contribution in [1.29, 1.82) is 0 Å². The number of hydrogen-bond acceptors (Lipinski definition) is 2. The van der Waals surface area contributed by atoms with Crippen molar-refractivity contribution in [1.82, 2.24) is 0 Å². The molecule has 0 aromatic rings. The summed E-state index contributed by atoms with van der Waals surface area (Å²) < 4.78 is 0. The zero-order valence-corrected chi connectivity index (χ0v) is 8.69. The number of hydrogen-bond donors (Lipinski definition) is 2. The molecule has 4 heteroatoms. The molecule has 4 N–H and O–H groups in total. The Labute approximate surface area is 85.6 Å². The van der Waals surface area contributed by atoms with E-state index in [4.69, 9.17) is 11.5 Å². The lowest BCUT2D eigenvalue weighted by Crippen LogP contribution is -2.33. The van der Waals surface area contributed by atoms with Crippen LogP contribution in [0.4, 0.5) is 0 Å². The first-order valence-corrected chi connectivity index (χ1v) is 4.74. The van der Waals surface area contributed by atoms with Crippen LogP contribution in [0.15, 0.2) is 0 Å². The van der Waals surface area contributed by atoms with Crippen LogP contribution in [0.3, 0.4) is 0 Å². The predicted octanol–water partition coefficient (Wildman–Crippen LogP) is 1.19. The first-order valence-electron chi connectivity index (χ1n) is 4.74. The van der Waals surface area contributed by atoms with Crippen molar-refractivity contribution in [3.05, 3.63) is 0 Å². The summed E-state index contributed by atoms with van der Waals surface area (Å²) in [6.07, 6.45) is 6.18. The molecule has 2 unspecified atom stereocenters. The van der Waals surface area contributed by atoms with Crippen LogP contribution in [0.25, 0.3) is 0 Å². The van der Waals surface area contributed by atoms with E-state index >= 15 is 0 Å². The van der Waals surface area contributed by atoms with Gasteiger partial charge in [0.2, 0.25) is 5.91 Å². The fourth-order valence-electron chi connectivity index (χ4n) is 1.92. The Bertz CT molecular complexity index is 164. The molecule has 0 heterocycles. The van der Waals surface area contributed by atoms with Gasteiger partial charge in [-0.25, -0.2) is 0 Å². The molecule has 1 saturated carbocycles. The van der Waals surface area contributed by atoms with Gasteiger partial charge in [0, 0.05) is 12.5 Å². The number of carbonyl (C=O) groups is 1. The minimum atomic E-state index is -0.201. The van der Waals surface area contributed by atoms with E-state index in [9.17, 15) is 4.79 Å². The lowest BCUT2D eigenvalue weighted by Gasteiger charge is -2.28. The van der Waals surface area contributed by atoms with Gasteiger partial charge in [-0.1, -0.05) is 12.8 Å². The maximum atomic E-state index is 10.5. The number of halogens is 1. The normalized spacial score (nSPS) is 27.8. The van der Waals surface area contributed by atoms with E-state index in [1.54, 1.807) is 0 Å². The molecule has 0 aromatic heterocycles. The molecule has 78 valence electrons. The highest BCUT2D eigenvalue weighted by atomic mass is 35.5. The maximum Gasteiger partial charge on any atom is 0.217 e. The predicted molar refractivity (Wildman–Crippen MR) is 55.6 cm³/mol. The summed E-state index contributed by atoms with van der Waals surface area (Å²) in [5, 5.41) is 0. The third-order valence-corrected chi connectivity index (χ3v) is 2.73. The van der Waals surface area contributed by atoms with Gasteiger partial charge in [-0.3, -0.25) is 4.79 Å². The molecule has 1 rings (SSSR count). The summed E-state index contributed by atoms with van der Waals surface area (Å²) in [5.41, 5.74) is 11.0. The van der Waals surface area contributed by atoms with E-state index in [0.29, 0.717) is 18.4 Å². The number of rotatable bonds is 3.